The summed E-state index contributed by atoms with van der Waals surface area (Å²) in [5.74, 6) is -0.188. The molecule has 0 fully saturated rings. The Morgan fingerprint density at radius 2 is 2.05 bits per heavy atom. The van der Waals surface area contributed by atoms with Crippen LogP contribution < -0.4 is 5.32 Å². The molecule has 2 aromatic rings. The molecule has 0 aliphatic carbocycles. The van der Waals surface area contributed by atoms with Crippen LogP contribution in [0.1, 0.15) is 30.5 Å². The summed E-state index contributed by atoms with van der Waals surface area (Å²) in [6, 6.07) is 9.32. The molecule has 0 unspecified atom stereocenters. The van der Waals surface area contributed by atoms with Gasteiger partial charge < -0.3 is 5.32 Å². The maximum atomic E-state index is 13.4. The normalized spacial score (nSPS) is 10.9. The second-order valence-electron chi connectivity index (χ2n) is 4.99. The third kappa shape index (κ3) is 4.14. The van der Waals surface area contributed by atoms with Crippen LogP contribution in [-0.4, -0.2) is 11.0 Å². The highest BCUT2D eigenvalue weighted by atomic mass is 19.1. The lowest BCUT2D eigenvalue weighted by molar-refractivity contribution is 0.583. The molecule has 0 radical (unpaired) electrons. The maximum absolute atomic E-state index is 13.4. The van der Waals surface area contributed by atoms with Crippen molar-refractivity contribution < 1.29 is 4.39 Å². The van der Waals surface area contributed by atoms with Crippen LogP contribution in [0.25, 0.3) is 0 Å². The van der Waals surface area contributed by atoms with Gasteiger partial charge in [-0.1, -0.05) is 26.0 Å². The number of halogens is 1. The number of aromatic nitrogens is 1. The molecule has 19 heavy (non-hydrogen) atoms. The highest BCUT2D eigenvalue weighted by Crippen LogP contribution is 2.16. The standard InChI is InChI=1S/C16H19FN2/c1-12(2)19-11-14-5-6-16(17)9-15(14)8-13-4-3-7-18-10-13/h3-7,9-10,12,19H,8,11H2,1-2H3. The average Bonchev–Trinajstić information content (AvgIpc) is 2.39. The summed E-state index contributed by atoms with van der Waals surface area (Å²) in [6.07, 6.45) is 4.28. The molecule has 2 nitrogen and oxygen atoms in total. The molecule has 1 heterocycles. The molecule has 1 aromatic heterocycles. The summed E-state index contributed by atoms with van der Waals surface area (Å²) in [4.78, 5) is 4.10. The fourth-order valence-electron chi connectivity index (χ4n) is 1.97. The second-order valence-corrected chi connectivity index (χ2v) is 4.99. The Morgan fingerprint density at radius 1 is 1.21 bits per heavy atom. The fourth-order valence-corrected chi connectivity index (χ4v) is 1.97. The van der Waals surface area contributed by atoms with Gasteiger partial charge >= 0.3 is 0 Å². The lowest BCUT2D eigenvalue weighted by Crippen LogP contribution is -2.22. The molecule has 0 saturated carbocycles. The third-order valence-electron chi connectivity index (χ3n) is 2.99. The van der Waals surface area contributed by atoms with Crippen molar-refractivity contribution in [2.24, 2.45) is 0 Å². The van der Waals surface area contributed by atoms with E-state index in [0.717, 1.165) is 23.2 Å². The Hall–Kier alpha value is -1.74. The number of rotatable bonds is 5. The smallest absolute Gasteiger partial charge is 0.123 e. The predicted molar refractivity (Wildman–Crippen MR) is 75.4 cm³/mol. The monoisotopic (exact) mass is 258 g/mol. The van der Waals surface area contributed by atoms with Crippen LogP contribution in [0.5, 0.6) is 0 Å². The van der Waals surface area contributed by atoms with E-state index in [4.69, 9.17) is 0 Å². The van der Waals surface area contributed by atoms with E-state index in [2.05, 4.69) is 24.1 Å². The molecule has 3 heteroatoms. The minimum atomic E-state index is -0.188. The van der Waals surface area contributed by atoms with Crippen LogP contribution in [0.15, 0.2) is 42.7 Å². The molecule has 0 aliphatic heterocycles. The van der Waals surface area contributed by atoms with Gasteiger partial charge in [-0.15, -0.1) is 0 Å². The zero-order valence-electron chi connectivity index (χ0n) is 11.4. The molecule has 1 aromatic carbocycles. The lowest BCUT2D eigenvalue weighted by Gasteiger charge is -2.13. The summed E-state index contributed by atoms with van der Waals surface area (Å²) >= 11 is 0. The van der Waals surface area contributed by atoms with Crippen LogP contribution in [0, 0.1) is 5.82 Å². The Bertz CT molecular complexity index is 524. The van der Waals surface area contributed by atoms with E-state index < -0.39 is 0 Å². The van der Waals surface area contributed by atoms with Crippen molar-refractivity contribution in [2.45, 2.75) is 32.9 Å². The summed E-state index contributed by atoms with van der Waals surface area (Å²) in [7, 11) is 0. The molecular formula is C16H19FN2. The minimum absolute atomic E-state index is 0.188. The van der Waals surface area contributed by atoms with Crippen molar-refractivity contribution in [3.8, 4) is 0 Å². The van der Waals surface area contributed by atoms with Crippen LogP contribution in [0.4, 0.5) is 4.39 Å². The van der Waals surface area contributed by atoms with E-state index in [1.54, 1.807) is 12.3 Å². The topological polar surface area (TPSA) is 24.9 Å². The van der Waals surface area contributed by atoms with Gasteiger partial charge in [-0.25, -0.2) is 4.39 Å². The van der Waals surface area contributed by atoms with Crippen molar-refractivity contribution in [3.63, 3.8) is 0 Å². The van der Waals surface area contributed by atoms with E-state index in [1.807, 2.05) is 24.4 Å². The highest BCUT2D eigenvalue weighted by Gasteiger charge is 2.06. The fraction of sp³-hybridized carbons (Fsp3) is 0.312. The predicted octanol–water partition coefficient (Wildman–Crippen LogP) is 3.31. The number of benzene rings is 1. The first-order chi connectivity index (χ1) is 9.15. The molecule has 1 N–H and O–H groups in total. The first-order valence-corrected chi connectivity index (χ1v) is 6.55. The van der Waals surface area contributed by atoms with Crippen LogP contribution >= 0.6 is 0 Å². The minimum Gasteiger partial charge on any atom is -0.310 e. The molecule has 2 rings (SSSR count). The quantitative estimate of drug-likeness (QED) is 0.890. The van der Waals surface area contributed by atoms with Crippen LogP contribution in [0.2, 0.25) is 0 Å². The van der Waals surface area contributed by atoms with Gasteiger partial charge in [-0.05, 0) is 41.3 Å². The van der Waals surface area contributed by atoms with E-state index >= 15 is 0 Å². The average molecular weight is 258 g/mol. The lowest BCUT2D eigenvalue weighted by atomic mass is 10.0. The maximum Gasteiger partial charge on any atom is 0.123 e. The number of hydrogen-bond acceptors (Lipinski definition) is 2. The highest BCUT2D eigenvalue weighted by molar-refractivity contribution is 5.32. The Kier molecular flexibility index (Phi) is 4.63. The van der Waals surface area contributed by atoms with Crippen molar-refractivity contribution in [3.05, 3.63) is 65.2 Å². The molecule has 0 saturated heterocycles. The van der Waals surface area contributed by atoms with Crippen molar-refractivity contribution in [2.75, 3.05) is 0 Å². The second kappa shape index (κ2) is 6.43. The van der Waals surface area contributed by atoms with Gasteiger partial charge in [0.25, 0.3) is 0 Å². The summed E-state index contributed by atoms with van der Waals surface area (Å²) in [5, 5.41) is 3.37. The zero-order valence-corrected chi connectivity index (χ0v) is 11.4. The summed E-state index contributed by atoms with van der Waals surface area (Å²) in [6.45, 7) is 4.96. The SMILES string of the molecule is CC(C)NCc1ccc(F)cc1Cc1cccnc1. The van der Waals surface area contributed by atoms with Crippen molar-refractivity contribution in [1.29, 1.82) is 0 Å². The third-order valence-corrected chi connectivity index (χ3v) is 2.99. The van der Waals surface area contributed by atoms with Gasteiger partial charge in [0.15, 0.2) is 0 Å². The molecule has 100 valence electrons. The number of pyridine rings is 1. The van der Waals surface area contributed by atoms with Gasteiger partial charge in [0.1, 0.15) is 5.82 Å². The number of nitrogens with one attached hydrogen (secondary N) is 1. The van der Waals surface area contributed by atoms with E-state index in [-0.39, 0.29) is 5.82 Å². The zero-order chi connectivity index (χ0) is 13.7. The van der Waals surface area contributed by atoms with Gasteiger partial charge in [0.05, 0.1) is 0 Å². The largest absolute Gasteiger partial charge is 0.310 e. The molecule has 0 atom stereocenters. The molecule has 0 spiro atoms. The Morgan fingerprint density at radius 3 is 2.74 bits per heavy atom. The molecule has 0 bridgehead atoms. The van der Waals surface area contributed by atoms with Gasteiger partial charge in [-0.2, -0.15) is 0 Å². The molecule has 0 amide bonds. The summed E-state index contributed by atoms with van der Waals surface area (Å²) < 4.78 is 13.4. The Balaban J connectivity index is 2.19. The molecule has 0 aliphatic rings. The van der Waals surface area contributed by atoms with Gasteiger partial charge in [-0.3, -0.25) is 4.98 Å². The van der Waals surface area contributed by atoms with Gasteiger partial charge in [0.2, 0.25) is 0 Å². The van der Waals surface area contributed by atoms with Crippen LogP contribution in [-0.2, 0) is 13.0 Å². The summed E-state index contributed by atoms with van der Waals surface area (Å²) in [5.41, 5.74) is 3.25. The van der Waals surface area contributed by atoms with Crippen LogP contribution in [0.3, 0.4) is 0 Å². The van der Waals surface area contributed by atoms with E-state index in [9.17, 15) is 4.39 Å². The first-order valence-electron chi connectivity index (χ1n) is 6.55. The Labute approximate surface area is 113 Å². The first kappa shape index (κ1) is 13.7. The van der Waals surface area contributed by atoms with Gasteiger partial charge in [0, 0.05) is 25.0 Å². The molecular weight excluding hydrogens is 239 g/mol. The van der Waals surface area contributed by atoms with Crippen molar-refractivity contribution >= 4 is 0 Å². The van der Waals surface area contributed by atoms with E-state index in [0.29, 0.717) is 12.5 Å². The van der Waals surface area contributed by atoms with Crippen molar-refractivity contribution in [1.82, 2.24) is 10.3 Å². The van der Waals surface area contributed by atoms with E-state index in [1.165, 1.54) is 6.07 Å². The number of nitrogens with zero attached hydrogens (tertiary/aromatic N) is 1. The number of hydrogen-bond donors (Lipinski definition) is 1.